The van der Waals surface area contributed by atoms with Gasteiger partial charge >= 0.3 is 0 Å². The first-order valence-corrected chi connectivity index (χ1v) is 9.97. The van der Waals surface area contributed by atoms with Crippen LogP contribution in [0.15, 0.2) is 54.1 Å². The number of nitrogens with one attached hydrogen (secondary N) is 1. The highest BCUT2D eigenvalue weighted by Gasteiger charge is 2.34. The standard InChI is InChI=1S/C23H26FNO2.ClH/c1-2-26-23-19-8-4-5-9-21(19)27-22(17-10-12-18(24)13-11-17)20(23)16-25-14-6-3-7-15-25;/h4-5,8-13,22H,2-3,6-7,14-16H2,1H3;1H. The maximum atomic E-state index is 13.5. The molecule has 2 aliphatic rings. The van der Waals surface area contributed by atoms with Gasteiger partial charge < -0.3 is 26.8 Å². The van der Waals surface area contributed by atoms with Crippen molar-refractivity contribution < 1.29 is 31.2 Å². The summed E-state index contributed by atoms with van der Waals surface area (Å²) in [5, 5.41) is 0. The number of para-hydroxylation sites is 1. The zero-order valence-corrected chi connectivity index (χ0v) is 17.0. The van der Waals surface area contributed by atoms with Crippen molar-refractivity contribution >= 4 is 5.76 Å². The van der Waals surface area contributed by atoms with E-state index in [1.165, 1.54) is 50.1 Å². The highest BCUT2D eigenvalue weighted by molar-refractivity contribution is 5.72. The Morgan fingerprint density at radius 1 is 1.04 bits per heavy atom. The third-order valence-corrected chi connectivity index (χ3v) is 5.45. The smallest absolute Gasteiger partial charge is 0.154 e. The van der Waals surface area contributed by atoms with Crippen LogP contribution in [-0.4, -0.2) is 26.2 Å². The molecular weight excluding hydrogens is 377 g/mol. The normalized spacial score (nSPS) is 19.4. The van der Waals surface area contributed by atoms with Crippen LogP contribution in [-0.2, 0) is 4.74 Å². The van der Waals surface area contributed by atoms with Crippen molar-refractivity contribution in [3.05, 3.63) is 71.0 Å². The average Bonchev–Trinajstić information content (AvgIpc) is 2.71. The molecule has 1 unspecified atom stereocenters. The number of ether oxygens (including phenoxy) is 2. The Morgan fingerprint density at radius 2 is 1.75 bits per heavy atom. The molecule has 1 N–H and O–H groups in total. The summed E-state index contributed by atoms with van der Waals surface area (Å²) in [7, 11) is 0. The SMILES string of the molecule is CCOC1=C(C[NH+]2CCCCC2)C(c2ccc(F)cc2)Oc2ccccc21.[Cl-]. The topological polar surface area (TPSA) is 22.9 Å². The van der Waals surface area contributed by atoms with Crippen LogP contribution in [0.2, 0.25) is 0 Å². The van der Waals surface area contributed by atoms with Crippen molar-refractivity contribution in [2.75, 3.05) is 26.2 Å². The van der Waals surface area contributed by atoms with Crippen molar-refractivity contribution in [3.8, 4) is 5.75 Å². The predicted molar refractivity (Wildman–Crippen MR) is 104 cm³/mol. The summed E-state index contributed by atoms with van der Waals surface area (Å²) in [6.07, 6.45) is 3.62. The summed E-state index contributed by atoms with van der Waals surface area (Å²) >= 11 is 0. The Morgan fingerprint density at radius 3 is 2.46 bits per heavy atom. The minimum atomic E-state index is -0.239. The molecule has 2 aromatic rings. The third kappa shape index (κ3) is 4.34. The Bertz CT molecular complexity index is 816. The highest BCUT2D eigenvalue weighted by atomic mass is 35.5. The molecule has 1 fully saturated rings. The number of quaternary nitrogens is 1. The van der Waals surface area contributed by atoms with E-state index in [2.05, 4.69) is 6.07 Å². The van der Waals surface area contributed by atoms with Crippen LogP contribution in [0.4, 0.5) is 4.39 Å². The van der Waals surface area contributed by atoms with Gasteiger partial charge in [-0.15, -0.1) is 0 Å². The molecule has 2 aromatic carbocycles. The first kappa shape index (κ1) is 20.7. The van der Waals surface area contributed by atoms with Gasteiger partial charge in [-0.1, -0.05) is 24.3 Å². The lowest BCUT2D eigenvalue weighted by atomic mass is 9.93. The van der Waals surface area contributed by atoms with Gasteiger partial charge in [0.2, 0.25) is 0 Å². The van der Waals surface area contributed by atoms with Gasteiger partial charge in [-0.05, 0) is 56.0 Å². The number of hydrogen-bond donors (Lipinski definition) is 1. The van der Waals surface area contributed by atoms with Gasteiger partial charge in [-0.2, -0.15) is 0 Å². The molecule has 0 amide bonds. The van der Waals surface area contributed by atoms with Gasteiger partial charge in [-0.3, -0.25) is 0 Å². The quantitative estimate of drug-likeness (QED) is 0.797. The molecule has 0 bridgehead atoms. The Kier molecular flexibility index (Phi) is 6.97. The maximum Gasteiger partial charge on any atom is 0.154 e. The minimum absolute atomic E-state index is 0. The van der Waals surface area contributed by atoms with E-state index in [-0.39, 0.29) is 24.3 Å². The molecule has 0 aliphatic carbocycles. The number of benzene rings is 2. The van der Waals surface area contributed by atoms with E-state index < -0.39 is 0 Å². The van der Waals surface area contributed by atoms with Crippen molar-refractivity contribution in [3.63, 3.8) is 0 Å². The number of halogens is 2. The van der Waals surface area contributed by atoms with E-state index in [0.29, 0.717) is 6.61 Å². The minimum Gasteiger partial charge on any atom is -1.00 e. The largest absolute Gasteiger partial charge is 1.00 e. The molecule has 3 nitrogen and oxygen atoms in total. The van der Waals surface area contributed by atoms with Gasteiger partial charge in [0.1, 0.15) is 23.9 Å². The second-order valence-electron chi connectivity index (χ2n) is 7.32. The summed E-state index contributed by atoms with van der Waals surface area (Å²) in [4.78, 5) is 1.57. The van der Waals surface area contributed by atoms with E-state index in [1.807, 2.05) is 37.3 Å². The lowest BCUT2D eigenvalue weighted by Crippen LogP contribution is -3.13. The van der Waals surface area contributed by atoms with Gasteiger partial charge in [0.25, 0.3) is 0 Å². The molecule has 2 heterocycles. The van der Waals surface area contributed by atoms with Crippen LogP contribution in [0.25, 0.3) is 5.76 Å². The molecule has 5 heteroatoms. The van der Waals surface area contributed by atoms with Crippen molar-refractivity contribution in [2.24, 2.45) is 0 Å². The number of piperidine rings is 1. The fraction of sp³-hybridized carbons (Fsp3) is 0.391. The Labute approximate surface area is 172 Å². The number of rotatable bonds is 5. The number of fused-ring (bicyclic) bond motifs is 1. The predicted octanol–water partition coefficient (Wildman–Crippen LogP) is 0.780. The summed E-state index contributed by atoms with van der Waals surface area (Å²) in [6.45, 7) is 5.88. The number of hydrogen-bond acceptors (Lipinski definition) is 2. The molecule has 0 spiro atoms. The molecule has 1 saturated heterocycles. The third-order valence-electron chi connectivity index (χ3n) is 5.45. The van der Waals surface area contributed by atoms with Crippen molar-refractivity contribution in [1.82, 2.24) is 0 Å². The highest BCUT2D eigenvalue weighted by Crippen LogP contribution is 2.42. The number of likely N-dealkylation sites (tertiary alicyclic amines) is 1. The second kappa shape index (κ2) is 9.44. The summed E-state index contributed by atoms with van der Waals surface area (Å²) in [6, 6.07) is 14.7. The average molecular weight is 404 g/mol. The zero-order chi connectivity index (χ0) is 18.6. The monoisotopic (exact) mass is 403 g/mol. The first-order chi connectivity index (χ1) is 13.3. The molecule has 0 radical (unpaired) electrons. The lowest BCUT2D eigenvalue weighted by Gasteiger charge is -2.33. The maximum absolute atomic E-state index is 13.5. The van der Waals surface area contributed by atoms with Gasteiger partial charge in [-0.25, -0.2) is 4.39 Å². The summed E-state index contributed by atoms with van der Waals surface area (Å²) in [5.74, 6) is 1.53. The van der Waals surface area contributed by atoms with Crippen molar-refractivity contribution in [2.45, 2.75) is 32.3 Å². The van der Waals surface area contributed by atoms with Crippen LogP contribution in [0.5, 0.6) is 5.75 Å². The summed E-state index contributed by atoms with van der Waals surface area (Å²) < 4.78 is 26.0. The Balaban J connectivity index is 0.00000225. The fourth-order valence-electron chi connectivity index (χ4n) is 4.14. The van der Waals surface area contributed by atoms with Gasteiger partial charge in [0.05, 0.1) is 30.8 Å². The fourth-order valence-corrected chi connectivity index (χ4v) is 4.14. The molecule has 2 aliphatic heterocycles. The van der Waals surface area contributed by atoms with Crippen LogP contribution in [0, 0.1) is 5.82 Å². The molecule has 150 valence electrons. The molecule has 0 saturated carbocycles. The molecular formula is C23H27ClFNO2. The molecule has 28 heavy (non-hydrogen) atoms. The van der Waals surface area contributed by atoms with Gasteiger partial charge in [0, 0.05) is 0 Å². The van der Waals surface area contributed by atoms with Crippen LogP contribution in [0.1, 0.15) is 43.4 Å². The molecule has 0 aromatic heterocycles. The van der Waals surface area contributed by atoms with E-state index in [0.717, 1.165) is 29.2 Å². The van der Waals surface area contributed by atoms with Gasteiger partial charge in [0.15, 0.2) is 6.10 Å². The summed E-state index contributed by atoms with van der Waals surface area (Å²) in [5.41, 5.74) is 3.15. The van der Waals surface area contributed by atoms with E-state index in [4.69, 9.17) is 9.47 Å². The van der Waals surface area contributed by atoms with Crippen molar-refractivity contribution in [1.29, 1.82) is 0 Å². The van der Waals surface area contributed by atoms with E-state index in [9.17, 15) is 4.39 Å². The Hall–Kier alpha value is -2.04. The zero-order valence-electron chi connectivity index (χ0n) is 16.2. The molecule has 1 atom stereocenters. The first-order valence-electron chi connectivity index (χ1n) is 9.97. The van der Waals surface area contributed by atoms with Crippen LogP contribution < -0.4 is 22.0 Å². The second-order valence-corrected chi connectivity index (χ2v) is 7.32. The lowest BCUT2D eigenvalue weighted by molar-refractivity contribution is -0.900. The van der Waals surface area contributed by atoms with E-state index >= 15 is 0 Å². The van der Waals surface area contributed by atoms with Crippen LogP contribution in [0.3, 0.4) is 0 Å². The molecule has 4 rings (SSSR count). The van der Waals surface area contributed by atoms with Crippen LogP contribution >= 0.6 is 0 Å². The van der Waals surface area contributed by atoms with E-state index in [1.54, 1.807) is 4.90 Å².